The first-order valence-electron chi connectivity index (χ1n) is 7.66. The van der Waals surface area contributed by atoms with Crippen LogP contribution in [0.25, 0.3) is 0 Å². The van der Waals surface area contributed by atoms with E-state index in [-0.39, 0.29) is 23.7 Å². The normalized spacial score (nSPS) is 19.4. The number of amides is 1. The lowest BCUT2D eigenvalue weighted by molar-refractivity contribution is -0.130. The Labute approximate surface area is 125 Å². The second-order valence-electron chi connectivity index (χ2n) is 6.35. The Bertz CT molecular complexity index is 497. The van der Waals surface area contributed by atoms with Crippen molar-refractivity contribution in [2.45, 2.75) is 51.0 Å². The summed E-state index contributed by atoms with van der Waals surface area (Å²) < 4.78 is 13.4. The van der Waals surface area contributed by atoms with Gasteiger partial charge in [-0.3, -0.25) is 4.79 Å². The molecule has 1 aliphatic carbocycles. The van der Waals surface area contributed by atoms with Crippen molar-refractivity contribution < 1.29 is 14.3 Å². The van der Waals surface area contributed by atoms with E-state index >= 15 is 0 Å². The maximum atomic E-state index is 13.4. The third-order valence-electron chi connectivity index (χ3n) is 4.37. The molecule has 1 amide bonds. The summed E-state index contributed by atoms with van der Waals surface area (Å²) in [5.41, 5.74) is 0.210. The zero-order valence-electron chi connectivity index (χ0n) is 12.7. The fourth-order valence-corrected chi connectivity index (χ4v) is 3.07. The molecule has 0 bridgehead atoms. The van der Waals surface area contributed by atoms with Crippen LogP contribution in [0.2, 0.25) is 0 Å². The van der Waals surface area contributed by atoms with Gasteiger partial charge in [0.15, 0.2) is 0 Å². The number of nitrogens with one attached hydrogen (secondary N) is 1. The number of carbonyl (C=O) groups is 1. The molecular formula is C17H24FNO2. The fraction of sp³-hybridized carbons (Fsp3) is 0.588. The Morgan fingerprint density at radius 1 is 1.43 bits per heavy atom. The lowest BCUT2D eigenvalue weighted by Crippen LogP contribution is -2.50. The second kappa shape index (κ2) is 6.56. The van der Waals surface area contributed by atoms with Crippen LogP contribution in [-0.4, -0.2) is 23.7 Å². The van der Waals surface area contributed by atoms with Crippen LogP contribution in [0, 0.1) is 11.7 Å². The number of aliphatic hydroxyl groups excluding tert-OH is 1. The van der Waals surface area contributed by atoms with Gasteiger partial charge in [0.25, 0.3) is 0 Å². The Kier molecular flexibility index (Phi) is 4.99. The zero-order valence-corrected chi connectivity index (χ0v) is 12.7. The van der Waals surface area contributed by atoms with Crippen molar-refractivity contribution in [3.8, 4) is 0 Å². The van der Waals surface area contributed by atoms with Gasteiger partial charge in [0.2, 0.25) is 5.91 Å². The molecule has 0 saturated heterocycles. The Hall–Kier alpha value is -1.42. The number of benzene rings is 1. The van der Waals surface area contributed by atoms with Crippen LogP contribution >= 0.6 is 0 Å². The fourth-order valence-electron chi connectivity index (χ4n) is 3.07. The highest BCUT2D eigenvalue weighted by Gasteiger charge is 2.45. The monoisotopic (exact) mass is 293 g/mol. The van der Waals surface area contributed by atoms with E-state index in [1.165, 1.54) is 12.1 Å². The third-order valence-corrected chi connectivity index (χ3v) is 4.37. The first-order valence-corrected chi connectivity index (χ1v) is 7.66. The highest BCUT2D eigenvalue weighted by Crippen LogP contribution is 2.44. The first kappa shape index (κ1) is 16.0. The topological polar surface area (TPSA) is 49.3 Å². The first-order chi connectivity index (χ1) is 9.94. The summed E-state index contributed by atoms with van der Waals surface area (Å²) in [5, 5.41) is 12.3. The lowest BCUT2D eigenvalue weighted by atomic mass is 9.63. The molecule has 4 heteroatoms. The van der Waals surface area contributed by atoms with E-state index < -0.39 is 5.41 Å². The molecule has 1 aromatic rings. The predicted molar refractivity (Wildman–Crippen MR) is 80.4 cm³/mol. The molecule has 1 aliphatic rings. The van der Waals surface area contributed by atoms with Gasteiger partial charge < -0.3 is 10.4 Å². The summed E-state index contributed by atoms with van der Waals surface area (Å²) >= 11 is 0. The van der Waals surface area contributed by atoms with Crippen molar-refractivity contribution in [1.29, 1.82) is 0 Å². The van der Waals surface area contributed by atoms with E-state index in [0.717, 1.165) is 24.8 Å². The van der Waals surface area contributed by atoms with Crippen molar-refractivity contribution in [2.75, 3.05) is 6.54 Å². The molecular weight excluding hydrogens is 269 g/mol. The minimum Gasteiger partial charge on any atom is -0.393 e. The van der Waals surface area contributed by atoms with Crippen LogP contribution in [0.5, 0.6) is 0 Å². The van der Waals surface area contributed by atoms with Gasteiger partial charge in [-0.1, -0.05) is 25.5 Å². The van der Waals surface area contributed by atoms with E-state index in [1.807, 2.05) is 13.0 Å². The summed E-state index contributed by atoms with van der Waals surface area (Å²) in [6.07, 6.45) is 2.83. The van der Waals surface area contributed by atoms with Crippen LogP contribution in [0.15, 0.2) is 24.3 Å². The van der Waals surface area contributed by atoms with Crippen molar-refractivity contribution in [3.05, 3.63) is 35.6 Å². The number of carbonyl (C=O) groups excluding carboxylic acids is 1. The second-order valence-corrected chi connectivity index (χ2v) is 6.35. The van der Waals surface area contributed by atoms with Gasteiger partial charge in [-0.05, 0) is 49.8 Å². The average molecular weight is 293 g/mol. The molecule has 0 aliphatic heterocycles. The van der Waals surface area contributed by atoms with Crippen LogP contribution in [0.3, 0.4) is 0 Å². The van der Waals surface area contributed by atoms with Crippen LogP contribution < -0.4 is 5.32 Å². The largest absolute Gasteiger partial charge is 0.393 e. The van der Waals surface area contributed by atoms with Gasteiger partial charge in [0, 0.05) is 6.54 Å². The van der Waals surface area contributed by atoms with Gasteiger partial charge in [-0.2, -0.15) is 0 Å². The van der Waals surface area contributed by atoms with Crippen molar-refractivity contribution in [2.24, 2.45) is 5.92 Å². The highest BCUT2D eigenvalue weighted by molar-refractivity contribution is 5.89. The van der Waals surface area contributed by atoms with E-state index in [2.05, 4.69) is 5.32 Å². The minimum atomic E-state index is -0.563. The predicted octanol–water partition coefficient (Wildman–Crippen LogP) is 2.77. The number of rotatable bonds is 6. The molecule has 1 fully saturated rings. The molecule has 3 nitrogen and oxygen atoms in total. The van der Waals surface area contributed by atoms with Crippen molar-refractivity contribution in [1.82, 2.24) is 5.32 Å². The van der Waals surface area contributed by atoms with E-state index in [9.17, 15) is 14.3 Å². The Balaban J connectivity index is 2.02. The van der Waals surface area contributed by atoms with Crippen LogP contribution in [-0.2, 0) is 10.2 Å². The SMILES string of the molecule is CC(O)CC(C)CNC(=O)C1(c2cccc(F)c2)CCC1. The number of aliphatic hydroxyl groups is 1. The smallest absolute Gasteiger partial charge is 0.230 e. The molecule has 0 aromatic heterocycles. The van der Waals surface area contributed by atoms with E-state index in [1.54, 1.807) is 13.0 Å². The molecule has 1 saturated carbocycles. The number of hydrogen-bond donors (Lipinski definition) is 2. The molecule has 2 rings (SSSR count). The number of halogens is 1. The number of hydrogen-bond acceptors (Lipinski definition) is 2. The zero-order chi connectivity index (χ0) is 15.5. The summed E-state index contributed by atoms with van der Waals surface area (Å²) in [4.78, 5) is 12.6. The molecule has 2 atom stereocenters. The molecule has 1 aromatic carbocycles. The highest BCUT2D eigenvalue weighted by atomic mass is 19.1. The summed E-state index contributed by atoms with van der Waals surface area (Å²) in [5.74, 6) is -0.0931. The van der Waals surface area contributed by atoms with Gasteiger partial charge in [-0.25, -0.2) is 4.39 Å². The molecule has 2 unspecified atom stereocenters. The average Bonchev–Trinajstić information content (AvgIpc) is 2.34. The van der Waals surface area contributed by atoms with Crippen molar-refractivity contribution >= 4 is 5.91 Å². The molecule has 2 N–H and O–H groups in total. The minimum absolute atomic E-state index is 0.0169. The Morgan fingerprint density at radius 2 is 2.14 bits per heavy atom. The summed E-state index contributed by atoms with van der Waals surface area (Å²) in [7, 11) is 0. The molecule has 0 spiro atoms. The van der Waals surface area contributed by atoms with E-state index in [0.29, 0.717) is 13.0 Å². The third kappa shape index (κ3) is 3.62. The van der Waals surface area contributed by atoms with E-state index in [4.69, 9.17) is 0 Å². The maximum Gasteiger partial charge on any atom is 0.230 e. The quantitative estimate of drug-likeness (QED) is 0.847. The van der Waals surface area contributed by atoms with Gasteiger partial charge in [0.1, 0.15) is 5.82 Å². The molecule has 0 heterocycles. The Morgan fingerprint density at radius 3 is 2.67 bits per heavy atom. The standard InChI is InChI=1S/C17H24FNO2/c1-12(9-13(2)20)11-19-16(21)17(7-4-8-17)14-5-3-6-15(18)10-14/h3,5-6,10,12-13,20H,4,7-9,11H2,1-2H3,(H,19,21). The van der Waals surface area contributed by atoms with Gasteiger partial charge in [-0.15, -0.1) is 0 Å². The van der Waals surface area contributed by atoms with Crippen molar-refractivity contribution in [3.63, 3.8) is 0 Å². The van der Waals surface area contributed by atoms with Gasteiger partial charge >= 0.3 is 0 Å². The summed E-state index contributed by atoms with van der Waals surface area (Å²) in [6, 6.07) is 6.37. The lowest BCUT2D eigenvalue weighted by Gasteiger charge is -2.41. The molecule has 0 radical (unpaired) electrons. The summed E-state index contributed by atoms with van der Waals surface area (Å²) in [6.45, 7) is 4.29. The molecule has 116 valence electrons. The van der Waals surface area contributed by atoms with Crippen LogP contribution in [0.1, 0.15) is 45.1 Å². The van der Waals surface area contributed by atoms with Crippen LogP contribution in [0.4, 0.5) is 4.39 Å². The molecule has 21 heavy (non-hydrogen) atoms. The van der Waals surface area contributed by atoms with Gasteiger partial charge in [0.05, 0.1) is 11.5 Å². The maximum absolute atomic E-state index is 13.4.